The van der Waals surface area contributed by atoms with Crippen LogP contribution in [-0.2, 0) is 9.53 Å². The number of aromatic nitrogens is 2. The van der Waals surface area contributed by atoms with Crippen molar-refractivity contribution in [2.45, 2.75) is 26.1 Å². The monoisotopic (exact) mass is 297 g/mol. The molecule has 2 heterocycles. The first-order chi connectivity index (χ1) is 10.6. The maximum atomic E-state index is 12.3. The van der Waals surface area contributed by atoms with Gasteiger partial charge in [-0.2, -0.15) is 0 Å². The lowest BCUT2D eigenvalue weighted by Crippen LogP contribution is -2.47. The molecule has 114 valence electrons. The third kappa shape index (κ3) is 3.31. The summed E-state index contributed by atoms with van der Waals surface area (Å²) >= 11 is 0. The number of amides is 1. The molecule has 0 N–H and O–H groups in total. The van der Waals surface area contributed by atoms with Gasteiger partial charge in [-0.05, 0) is 32.1 Å². The van der Waals surface area contributed by atoms with Crippen LogP contribution in [0.3, 0.4) is 0 Å². The van der Waals surface area contributed by atoms with Crippen LogP contribution in [0.25, 0.3) is 17.1 Å². The van der Waals surface area contributed by atoms with Crippen LogP contribution in [0.15, 0.2) is 36.5 Å². The average Bonchev–Trinajstić information content (AvgIpc) is 2.51. The lowest BCUT2D eigenvalue weighted by Gasteiger charge is -2.34. The van der Waals surface area contributed by atoms with Crippen molar-refractivity contribution in [3.05, 3.63) is 42.2 Å². The molecular formula is C17H19N3O2. The average molecular weight is 297 g/mol. The standard InChI is InChI=1S/C17H19N3O2/c1-12-10-20(11-13(2)22-12)17(21)8-7-14-9-18-15-5-3-4-6-16(15)19-14/h3-9,12-13H,10-11H2,1-2H3. The van der Waals surface area contributed by atoms with E-state index in [0.717, 1.165) is 11.0 Å². The Kier molecular flexibility index (Phi) is 4.15. The molecule has 0 aliphatic carbocycles. The van der Waals surface area contributed by atoms with E-state index in [-0.39, 0.29) is 18.1 Å². The minimum atomic E-state index is -0.0167. The van der Waals surface area contributed by atoms with Gasteiger partial charge in [-0.25, -0.2) is 4.98 Å². The number of nitrogens with zero attached hydrogens (tertiary/aromatic N) is 3. The van der Waals surface area contributed by atoms with Crippen molar-refractivity contribution in [3.8, 4) is 0 Å². The zero-order chi connectivity index (χ0) is 15.5. The van der Waals surface area contributed by atoms with Gasteiger partial charge in [-0.15, -0.1) is 0 Å². The van der Waals surface area contributed by atoms with Gasteiger partial charge in [0.2, 0.25) is 5.91 Å². The summed E-state index contributed by atoms with van der Waals surface area (Å²) < 4.78 is 5.64. The second-order valence-electron chi connectivity index (χ2n) is 5.62. The summed E-state index contributed by atoms with van der Waals surface area (Å²) in [5.74, 6) is -0.0167. The first kappa shape index (κ1) is 14.7. The molecule has 5 nitrogen and oxygen atoms in total. The van der Waals surface area contributed by atoms with Gasteiger partial charge in [0.05, 0.1) is 35.1 Å². The van der Waals surface area contributed by atoms with Gasteiger partial charge < -0.3 is 9.64 Å². The lowest BCUT2D eigenvalue weighted by atomic mass is 10.2. The van der Waals surface area contributed by atoms with Crippen LogP contribution in [0.1, 0.15) is 19.5 Å². The number of morpholine rings is 1. The van der Waals surface area contributed by atoms with E-state index < -0.39 is 0 Å². The zero-order valence-corrected chi connectivity index (χ0v) is 12.8. The maximum Gasteiger partial charge on any atom is 0.246 e. The van der Waals surface area contributed by atoms with Crippen molar-refractivity contribution < 1.29 is 9.53 Å². The Morgan fingerprint density at radius 3 is 2.64 bits per heavy atom. The third-order valence-electron chi connectivity index (χ3n) is 3.60. The molecule has 2 aromatic rings. The number of para-hydroxylation sites is 2. The second-order valence-corrected chi connectivity index (χ2v) is 5.62. The number of fused-ring (bicyclic) bond motifs is 1. The van der Waals surface area contributed by atoms with E-state index in [2.05, 4.69) is 9.97 Å². The fourth-order valence-electron chi connectivity index (χ4n) is 2.67. The molecule has 2 unspecified atom stereocenters. The molecule has 1 aromatic carbocycles. The van der Waals surface area contributed by atoms with Crippen molar-refractivity contribution in [2.24, 2.45) is 0 Å². The second kappa shape index (κ2) is 6.23. The Labute approximate surface area is 129 Å². The molecule has 22 heavy (non-hydrogen) atoms. The first-order valence-electron chi connectivity index (χ1n) is 7.46. The van der Waals surface area contributed by atoms with E-state index in [9.17, 15) is 4.79 Å². The molecule has 0 radical (unpaired) electrons. The summed E-state index contributed by atoms with van der Waals surface area (Å²) in [6.07, 6.45) is 5.09. The van der Waals surface area contributed by atoms with Crippen molar-refractivity contribution in [1.82, 2.24) is 14.9 Å². The van der Waals surface area contributed by atoms with Gasteiger partial charge in [-0.3, -0.25) is 9.78 Å². The molecular weight excluding hydrogens is 278 g/mol. The molecule has 0 bridgehead atoms. The number of benzene rings is 1. The van der Waals surface area contributed by atoms with E-state index in [1.54, 1.807) is 18.3 Å². The van der Waals surface area contributed by atoms with Crippen molar-refractivity contribution in [3.63, 3.8) is 0 Å². The first-order valence-corrected chi connectivity index (χ1v) is 7.46. The molecule has 1 aliphatic rings. The van der Waals surface area contributed by atoms with Gasteiger partial charge in [0.1, 0.15) is 0 Å². The summed E-state index contributed by atoms with van der Waals surface area (Å²) in [5.41, 5.74) is 2.36. The van der Waals surface area contributed by atoms with Crippen LogP contribution in [0.5, 0.6) is 0 Å². The fraction of sp³-hybridized carbons (Fsp3) is 0.353. The van der Waals surface area contributed by atoms with Crippen molar-refractivity contribution in [1.29, 1.82) is 0 Å². The van der Waals surface area contributed by atoms with E-state index >= 15 is 0 Å². The molecule has 0 saturated carbocycles. The topological polar surface area (TPSA) is 55.3 Å². The molecule has 0 spiro atoms. The van der Waals surface area contributed by atoms with Crippen LogP contribution in [0.2, 0.25) is 0 Å². The molecule has 2 atom stereocenters. The Morgan fingerprint density at radius 2 is 1.91 bits per heavy atom. The normalized spacial score (nSPS) is 22.4. The summed E-state index contributed by atoms with van der Waals surface area (Å²) in [5, 5.41) is 0. The van der Waals surface area contributed by atoms with E-state index in [4.69, 9.17) is 4.74 Å². The molecule has 1 aromatic heterocycles. The smallest absolute Gasteiger partial charge is 0.246 e. The van der Waals surface area contributed by atoms with E-state index in [1.165, 1.54) is 0 Å². The highest BCUT2D eigenvalue weighted by atomic mass is 16.5. The highest BCUT2D eigenvalue weighted by Gasteiger charge is 2.24. The molecule has 1 amide bonds. The van der Waals surface area contributed by atoms with Crippen LogP contribution < -0.4 is 0 Å². The van der Waals surface area contributed by atoms with Gasteiger partial charge in [-0.1, -0.05) is 12.1 Å². The summed E-state index contributed by atoms with van der Waals surface area (Å²) in [7, 11) is 0. The predicted octanol–water partition coefficient (Wildman–Crippen LogP) is 2.28. The maximum absolute atomic E-state index is 12.3. The molecule has 1 saturated heterocycles. The largest absolute Gasteiger partial charge is 0.372 e. The van der Waals surface area contributed by atoms with E-state index in [1.807, 2.05) is 43.0 Å². The number of ether oxygens (including phenoxy) is 1. The molecule has 3 rings (SSSR count). The van der Waals surface area contributed by atoms with E-state index in [0.29, 0.717) is 18.8 Å². The van der Waals surface area contributed by atoms with Gasteiger partial charge in [0.25, 0.3) is 0 Å². The van der Waals surface area contributed by atoms with Crippen LogP contribution in [0, 0.1) is 0 Å². The van der Waals surface area contributed by atoms with Crippen LogP contribution in [-0.4, -0.2) is 46.1 Å². The van der Waals surface area contributed by atoms with Gasteiger partial charge in [0, 0.05) is 19.2 Å². The molecule has 1 aliphatic heterocycles. The van der Waals surface area contributed by atoms with Gasteiger partial charge in [0.15, 0.2) is 0 Å². The molecule has 5 heteroatoms. The number of hydrogen-bond acceptors (Lipinski definition) is 4. The zero-order valence-electron chi connectivity index (χ0n) is 12.8. The lowest BCUT2D eigenvalue weighted by molar-refractivity contribution is -0.137. The number of hydrogen-bond donors (Lipinski definition) is 0. The Balaban J connectivity index is 1.73. The third-order valence-corrected chi connectivity index (χ3v) is 3.60. The Hall–Kier alpha value is -2.27. The van der Waals surface area contributed by atoms with Crippen molar-refractivity contribution in [2.75, 3.05) is 13.1 Å². The minimum absolute atomic E-state index is 0.0167. The van der Waals surface area contributed by atoms with Crippen LogP contribution in [0.4, 0.5) is 0 Å². The Morgan fingerprint density at radius 1 is 1.23 bits per heavy atom. The summed E-state index contributed by atoms with van der Waals surface area (Å²) in [4.78, 5) is 22.9. The van der Waals surface area contributed by atoms with Crippen molar-refractivity contribution >= 4 is 23.0 Å². The molecule has 1 fully saturated rings. The minimum Gasteiger partial charge on any atom is -0.372 e. The highest BCUT2D eigenvalue weighted by molar-refractivity contribution is 5.91. The van der Waals surface area contributed by atoms with Gasteiger partial charge >= 0.3 is 0 Å². The Bertz CT molecular complexity index is 704. The quantitative estimate of drug-likeness (QED) is 0.798. The number of rotatable bonds is 2. The number of carbonyl (C=O) groups is 1. The summed E-state index contributed by atoms with van der Waals surface area (Å²) in [6, 6.07) is 7.67. The summed E-state index contributed by atoms with van der Waals surface area (Å²) in [6.45, 7) is 5.21. The predicted molar refractivity (Wildman–Crippen MR) is 85.2 cm³/mol. The fourth-order valence-corrected chi connectivity index (χ4v) is 2.67. The highest BCUT2D eigenvalue weighted by Crippen LogP contribution is 2.12. The SMILES string of the molecule is CC1CN(C(=O)C=Cc2cnc3ccccc3n2)CC(C)O1. The van der Waals surface area contributed by atoms with Crippen LogP contribution >= 0.6 is 0 Å². The number of carbonyl (C=O) groups excluding carboxylic acids is 1.